The highest BCUT2D eigenvalue weighted by Crippen LogP contribution is 2.35. The van der Waals surface area contributed by atoms with Gasteiger partial charge in [0.05, 0.1) is 0 Å². The smallest absolute Gasteiger partial charge is 0.0406 e. The van der Waals surface area contributed by atoms with Crippen LogP contribution in [-0.2, 0) is 6.54 Å². The van der Waals surface area contributed by atoms with Gasteiger partial charge in [0, 0.05) is 24.0 Å². The second-order valence-electron chi connectivity index (χ2n) is 6.58. The zero-order valence-corrected chi connectivity index (χ0v) is 14.5. The number of likely N-dealkylation sites (N-methyl/N-ethyl adjacent to an activating group) is 1. The molecule has 3 aromatic carbocycles. The first-order valence-corrected chi connectivity index (χ1v) is 8.71. The quantitative estimate of drug-likeness (QED) is 0.591. The third kappa shape index (κ3) is 2.98. The normalized spacial score (nSPS) is 17.5. The molecule has 4 rings (SSSR count). The summed E-state index contributed by atoms with van der Waals surface area (Å²) in [6.07, 6.45) is 0. The van der Waals surface area contributed by atoms with Crippen molar-refractivity contribution in [2.75, 3.05) is 13.6 Å². The Labute approximate surface area is 148 Å². The summed E-state index contributed by atoms with van der Waals surface area (Å²) in [5.41, 5.74) is 6.74. The Morgan fingerprint density at radius 3 is 2.33 bits per heavy atom. The first-order valence-electron chi connectivity index (χ1n) is 8.33. The van der Waals surface area contributed by atoms with E-state index in [0.29, 0.717) is 5.92 Å². The van der Waals surface area contributed by atoms with Crippen LogP contribution in [0.1, 0.15) is 22.6 Å². The maximum Gasteiger partial charge on any atom is 0.0406 e. The highest BCUT2D eigenvalue weighted by molar-refractivity contribution is 6.30. The molecule has 0 amide bonds. The van der Waals surface area contributed by atoms with Gasteiger partial charge in [0.25, 0.3) is 0 Å². The van der Waals surface area contributed by atoms with Crippen LogP contribution in [0.15, 0.2) is 72.8 Å². The van der Waals surface area contributed by atoms with Gasteiger partial charge < -0.3 is 4.90 Å². The van der Waals surface area contributed by atoms with Gasteiger partial charge in [-0.2, -0.15) is 0 Å². The average Bonchev–Trinajstić information content (AvgIpc) is 2.62. The molecule has 0 aromatic heterocycles. The fraction of sp³-hybridized carbons (Fsp3) is 0.182. The van der Waals surface area contributed by atoms with E-state index in [1.807, 2.05) is 12.1 Å². The Morgan fingerprint density at radius 2 is 1.58 bits per heavy atom. The molecule has 0 bridgehead atoms. The molecule has 1 aliphatic heterocycles. The van der Waals surface area contributed by atoms with Crippen molar-refractivity contribution in [1.29, 1.82) is 0 Å². The minimum atomic E-state index is 0.444. The molecule has 0 fully saturated rings. The van der Waals surface area contributed by atoms with E-state index in [-0.39, 0.29) is 0 Å². The molecule has 3 aromatic rings. The van der Waals surface area contributed by atoms with Gasteiger partial charge in [-0.15, -0.1) is 0 Å². The molecule has 1 unspecified atom stereocenters. The molecule has 1 heterocycles. The molecule has 24 heavy (non-hydrogen) atoms. The molecule has 120 valence electrons. The van der Waals surface area contributed by atoms with E-state index >= 15 is 0 Å². The van der Waals surface area contributed by atoms with Crippen LogP contribution >= 0.6 is 11.6 Å². The predicted molar refractivity (Wildman–Crippen MR) is 102 cm³/mol. The van der Waals surface area contributed by atoms with Gasteiger partial charge in [-0.1, -0.05) is 66.2 Å². The maximum atomic E-state index is 6.01. The van der Waals surface area contributed by atoms with Crippen LogP contribution in [0.2, 0.25) is 5.02 Å². The first kappa shape index (κ1) is 15.4. The summed E-state index contributed by atoms with van der Waals surface area (Å²) in [6, 6.07) is 25.8. The molecule has 0 saturated carbocycles. The molecule has 2 heteroatoms. The van der Waals surface area contributed by atoms with Gasteiger partial charge in [-0.25, -0.2) is 0 Å². The van der Waals surface area contributed by atoms with Crippen LogP contribution in [0.3, 0.4) is 0 Å². The highest BCUT2D eigenvalue weighted by atomic mass is 35.5. The van der Waals surface area contributed by atoms with E-state index in [0.717, 1.165) is 18.1 Å². The lowest BCUT2D eigenvalue weighted by Crippen LogP contribution is -2.30. The number of fused-ring (bicyclic) bond motifs is 1. The third-order valence-electron chi connectivity index (χ3n) is 4.83. The fourth-order valence-electron chi connectivity index (χ4n) is 3.64. The van der Waals surface area contributed by atoms with Gasteiger partial charge in [-0.05, 0) is 53.1 Å². The summed E-state index contributed by atoms with van der Waals surface area (Å²) in [5.74, 6) is 0.444. The van der Waals surface area contributed by atoms with E-state index < -0.39 is 0 Å². The van der Waals surface area contributed by atoms with Crippen molar-refractivity contribution in [3.63, 3.8) is 0 Å². The van der Waals surface area contributed by atoms with Gasteiger partial charge in [0.1, 0.15) is 0 Å². The Kier molecular flexibility index (Phi) is 4.13. The van der Waals surface area contributed by atoms with Crippen molar-refractivity contribution in [2.24, 2.45) is 0 Å². The summed E-state index contributed by atoms with van der Waals surface area (Å²) in [7, 11) is 2.20. The van der Waals surface area contributed by atoms with E-state index in [9.17, 15) is 0 Å². The second-order valence-corrected chi connectivity index (χ2v) is 7.02. The van der Waals surface area contributed by atoms with Gasteiger partial charge in [-0.3, -0.25) is 0 Å². The first-order chi connectivity index (χ1) is 11.7. The van der Waals surface area contributed by atoms with Crippen molar-refractivity contribution in [2.45, 2.75) is 12.5 Å². The lowest BCUT2D eigenvalue weighted by molar-refractivity contribution is 0.295. The lowest BCUT2D eigenvalue weighted by Gasteiger charge is -2.33. The summed E-state index contributed by atoms with van der Waals surface area (Å²) in [6.45, 7) is 2.07. The number of hydrogen-bond donors (Lipinski definition) is 0. The minimum absolute atomic E-state index is 0.444. The van der Waals surface area contributed by atoms with Gasteiger partial charge in [0.2, 0.25) is 0 Å². The van der Waals surface area contributed by atoms with Crippen LogP contribution in [0.25, 0.3) is 11.1 Å². The van der Waals surface area contributed by atoms with E-state index in [2.05, 4.69) is 72.6 Å². The summed E-state index contributed by atoms with van der Waals surface area (Å²) in [4.78, 5) is 2.41. The summed E-state index contributed by atoms with van der Waals surface area (Å²) in [5, 5.41) is 0.778. The number of rotatable bonds is 2. The molecule has 1 atom stereocenters. The summed E-state index contributed by atoms with van der Waals surface area (Å²) < 4.78 is 0. The standard InChI is InChI=1S/C22H20ClN/c1-24-14-19-13-18(16-7-10-20(23)11-8-16)9-12-21(19)22(15-24)17-5-3-2-4-6-17/h2-13,22H,14-15H2,1H3. The molecular weight excluding hydrogens is 314 g/mol. The number of hydrogen-bond acceptors (Lipinski definition) is 1. The summed E-state index contributed by atoms with van der Waals surface area (Å²) >= 11 is 6.01. The van der Waals surface area contributed by atoms with Crippen LogP contribution in [0, 0.1) is 0 Å². The number of nitrogens with zero attached hydrogens (tertiary/aromatic N) is 1. The molecule has 1 aliphatic rings. The SMILES string of the molecule is CN1Cc2cc(-c3ccc(Cl)cc3)ccc2C(c2ccccc2)C1. The Bertz CT molecular complexity index is 840. The Balaban J connectivity index is 1.76. The molecule has 0 N–H and O–H groups in total. The zero-order chi connectivity index (χ0) is 16.5. The Morgan fingerprint density at radius 1 is 0.875 bits per heavy atom. The Hall–Kier alpha value is -2.09. The molecule has 0 aliphatic carbocycles. The van der Waals surface area contributed by atoms with Crippen LogP contribution < -0.4 is 0 Å². The number of benzene rings is 3. The molecule has 1 nitrogen and oxygen atoms in total. The monoisotopic (exact) mass is 333 g/mol. The van der Waals surface area contributed by atoms with Crippen molar-refractivity contribution >= 4 is 11.6 Å². The predicted octanol–water partition coefficient (Wildman–Crippen LogP) is 5.58. The largest absolute Gasteiger partial charge is 0.301 e. The average molecular weight is 334 g/mol. The lowest BCUT2D eigenvalue weighted by atomic mass is 9.83. The molecular formula is C22H20ClN. The highest BCUT2D eigenvalue weighted by Gasteiger charge is 2.24. The second kappa shape index (κ2) is 6.43. The molecule has 0 spiro atoms. The maximum absolute atomic E-state index is 6.01. The fourth-order valence-corrected chi connectivity index (χ4v) is 3.77. The van der Waals surface area contributed by atoms with Crippen molar-refractivity contribution in [3.8, 4) is 11.1 Å². The van der Waals surface area contributed by atoms with Crippen LogP contribution in [0.5, 0.6) is 0 Å². The van der Waals surface area contributed by atoms with Crippen LogP contribution in [-0.4, -0.2) is 18.5 Å². The van der Waals surface area contributed by atoms with Crippen molar-refractivity contribution < 1.29 is 0 Å². The van der Waals surface area contributed by atoms with Crippen LogP contribution in [0.4, 0.5) is 0 Å². The topological polar surface area (TPSA) is 3.24 Å². The molecule has 0 saturated heterocycles. The molecule has 0 radical (unpaired) electrons. The van der Waals surface area contributed by atoms with Crippen molar-refractivity contribution in [1.82, 2.24) is 4.90 Å². The van der Waals surface area contributed by atoms with E-state index in [1.165, 1.54) is 27.8 Å². The third-order valence-corrected chi connectivity index (χ3v) is 5.08. The zero-order valence-electron chi connectivity index (χ0n) is 13.7. The number of halogens is 1. The minimum Gasteiger partial charge on any atom is -0.301 e. The van der Waals surface area contributed by atoms with E-state index in [1.54, 1.807) is 0 Å². The van der Waals surface area contributed by atoms with Gasteiger partial charge in [0.15, 0.2) is 0 Å². The van der Waals surface area contributed by atoms with Gasteiger partial charge >= 0.3 is 0 Å². The van der Waals surface area contributed by atoms with Crippen molar-refractivity contribution in [3.05, 3.63) is 94.5 Å². The van der Waals surface area contributed by atoms with E-state index in [4.69, 9.17) is 11.6 Å².